The molecule has 1 atom stereocenters. The van der Waals surface area contributed by atoms with Crippen LogP contribution in [0.15, 0.2) is 53.6 Å². The SMILES string of the molecule is Cc1ccc(-c2nc(C(C)(c3ccc(-c4cnc(N)nc4)nc3)C(C)C)no2)cn1. The lowest BCUT2D eigenvalue weighted by molar-refractivity contribution is 0.350. The van der Waals surface area contributed by atoms with E-state index < -0.39 is 5.41 Å². The normalized spacial score (nSPS) is 13.4. The maximum Gasteiger partial charge on any atom is 0.259 e. The van der Waals surface area contributed by atoms with Gasteiger partial charge >= 0.3 is 0 Å². The van der Waals surface area contributed by atoms with Crippen LogP contribution in [-0.2, 0) is 5.41 Å². The molecular weight excluding hydrogens is 378 g/mol. The van der Waals surface area contributed by atoms with Crippen LogP contribution in [0, 0.1) is 12.8 Å². The summed E-state index contributed by atoms with van der Waals surface area (Å²) < 4.78 is 5.56. The lowest BCUT2D eigenvalue weighted by atomic mass is 9.73. The Morgan fingerprint density at radius 1 is 0.900 bits per heavy atom. The number of aromatic nitrogens is 6. The molecule has 152 valence electrons. The van der Waals surface area contributed by atoms with Crippen LogP contribution >= 0.6 is 0 Å². The number of nitrogen functional groups attached to an aromatic ring is 1. The Morgan fingerprint density at radius 2 is 1.63 bits per heavy atom. The van der Waals surface area contributed by atoms with Crippen molar-refractivity contribution < 1.29 is 4.52 Å². The Morgan fingerprint density at radius 3 is 2.23 bits per heavy atom. The van der Waals surface area contributed by atoms with E-state index in [1.165, 1.54) is 0 Å². The van der Waals surface area contributed by atoms with Crippen molar-refractivity contribution in [2.75, 3.05) is 5.73 Å². The first-order chi connectivity index (χ1) is 14.4. The fraction of sp³-hybridized carbons (Fsp3) is 0.273. The third-order valence-corrected chi connectivity index (χ3v) is 5.53. The lowest BCUT2D eigenvalue weighted by Crippen LogP contribution is -2.31. The zero-order chi connectivity index (χ0) is 21.3. The molecule has 8 heteroatoms. The average molecular weight is 401 g/mol. The Balaban J connectivity index is 1.69. The third kappa shape index (κ3) is 3.52. The van der Waals surface area contributed by atoms with E-state index in [2.05, 4.69) is 45.9 Å². The molecule has 8 nitrogen and oxygen atoms in total. The highest BCUT2D eigenvalue weighted by Crippen LogP contribution is 2.38. The fourth-order valence-corrected chi connectivity index (χ4v) is 3.21. The van der Waals surface area contributed by atoms with E-state index in [9.17, 15) is 0 Å². The summed E-state index contributed by atoms with van der Waals surface area (Å²) in [6.07, 6.45) is 6.90. The van der Waals surface area contributed by atoms with Gasteiger partial charge in [0, 0.05) is 36.0 Å². The van der Waals surface area contributed by atoms with Gasteiger partial charge in [0.25, 0.3) is 5.89 Å². The first-order valence-electron chi connectivity index (χ1n) is 9.69. The Hall–Kier alpha value is -3.68. The maximum absolute atomic E-state index is 5.57. The van der Waals surface area contributed by atoms with Gasteiger partial charge in [-0.25, -0.2) is 9.97 Å². The van der Waals surface area contributed by atoms with Crippen LogP contribution in [0.4, 0.5) is 5.95 Å². The number of pyridine rings is 2. The highest BCUT2D eigenvalue weighted by molar-refractivity contribution is 5.58. The van der Waals surface area contributed by atoms with Crippen molar-refractivity contribution in [3.05, 3.63) is 66.1 Å². The molecule has 0 saturated heterocycles. The monoisotopic (exact) mass is 401 g/mol. The molecule has 0 aliphatic heterocycles. The third-order valence-electron chi connectivity index (χ3n) is 5.53. The molecule has 0 fully saturated rings. The van der Waals surface area contributed by atoms with E-state index in [0.29, 0.717) is 11.7 Å². The van der Waals surface area contributed by atoms with Gasteiger partial charge in [0.15, 0.2) is 5.82 Å². The molecule has 0 radical (unpaired) electrons. The highest BCUT2D eigenvalue weighted by atomic mass is 16.5. The minimum absolute atomic E-state index is 0.201. The molecule has 1 unspecified atom stereocenters. The molecule has 0 aromatic carbocycles. The van der Waals surface area contributed by atoms with Gasteiger partial charge < -0.3 is 10.3 Å². The summed E-state index contributed by atoms with van der Waals surface area (Å²) in [5.74, 6) is 1.50. The van der Waals surface area contributed by atoms with Gasteiger partial charge in [-0.05, 0) is 43.5 Å². The van der Waals surface area contributed by atoms with E-state index in [1.807, 2.05) is 37.4 Å². The first kappa shape index (κ1) is 19.6. The summed E-state index contributed by atoms with van der Waals surface area (Å²) in [4.78, 5) is 21.7. The second-order valence-electron chi connectivity index (χ2n) is 7.73. The van der Waals surface area contributed by atoms with Crippen molar-refractivity contribution in [3.63, 3.8) is 0 Å². The van der Waals surface area contributed by atoms with Gasteiger partial charge in [0.05, 0.1) is 16.7 Å². The summed E-state index contributed by atoms with van der Waals surface area (Å²) in [6.45, 7) is 8.30. The van der Waals surface area contributed by atoms with Crippen molar-refractivity contribution in [2.45, 2.75) is 33.1 Å². The van der Waals surface area contributed by atoms with Crippen molar-refractivity contribution in [3.8, 4) is 22.7 Å². The van der Waals surface area contributed by atoms with Gasteiger partial charge in [0.2, 0.25) is 5.95 Å². The molecule has 4 rings (SSSR count). The molecule has 0 bridgehead atoms. The second-order valence-corrected chi connectivity index (χ2v) is 7.73. The molecule has 4 aromatic rings. The fourth-order valence-electron chi connectivity index (χ4n) is 3.21. The first-order valence-corrected chi connectivity index (χ1v) is 9.69. The highest BCUT2D eigenvalue weighted by Gasteiger charge is 2.38. The number of aryl methyl sites for hydroxylation is 1. The summed E-state index contributed by atoms with van der Waals surface area (Å²) in [7, 11) is 0. The van der Waals surface area contributed by atoms with Gasteiger partial charge in [-0.1, -0.05) is 25.1 Å². The number of anilines is 1. The number of nitrogens with zero attached hydrogens (tertiary/aromatic N) is 6. The number of rotatable bonds is 5. The molecule has 0 spiro atoms. The van der Waals surface area contributed by atoms with Crippen LogP contribution in [0.2, 0.25) is 0 Å². The van der Waals surface area contributed by atoms with E-state index in [1.54, 1.807) is 18.6 Å². The molecule has 4 heterocycles. The standard InChI is InChI=1S/C22H23N7O/c1-13(2)22(4,20-28-19(30-29-20)15-6-5-14(3)24-9-15)17-7-8-18(25-12-17)16-10-26-21(23)27-11-16/h5-13H,1-4H3,(H2,23,26,27). The van der Waals surface area contributed by atoms with Crippen LogP contribution in [0.25, 0.3) is 22.7 Å². The van der Waals surface area contributed by atoms with E-state index in [-0.39, 0.29) is 11.9 Å². The summed E-state index contributed by atoms with van der Waals surface area (Å²) in [5, 5.41) is 4.30. The average Bonchev–Trinajstić information content (AvgIpc) is 3.25. The topological polar surface area (TPSA) is 116 Å². The minimum Gasteiger partial charge on any atom is -0.368 e. The van der Waals surface area contributed by atoms with Crippen molar-refractivity contribution in [1.82, 2.24) is 30.1 Å². The predicted molar refractivity (Wildman–Crippen MR) is 113 cm³/mol. The van der Waals surface area contributed by atoms with Gasteiger partial charge in [-0.3, -0.25) is 9.97 Å². The summed E-state index contributed by atoms with van der Waals surface area (Å²) in [6, 6.07) is 7.82. The molecular formula is C22H23N7O. The molecule has 30 heavy (non-hydrogen) atoms. The van der Waals surface area contributed by atoms with E-state index in [4.69, 9.17) is 15.2 Å². The van der Waals surface area contributed by atoms with Crippen molar-refractivity contribution in [1.29, 1.82) is 0 Å². The van der Waals surface area contributed by atoms with Gasteiger partial charge in [0.1, 0.15) is 0 Å². The largest absolute Gasteiger partial charge is 0.368 e. The molecule has 0 aliphatic carbocycles. The molecule has 2 N–H and O–H groups in total. The Bertz CT molecular complexity index is 1140. The van der Waals surface area contributed by atoms with E-state index in [0.717, 1.165) is 28.1 Å². The quantitative estimate of drug-likeness (QED) is 0.536. The van der Waals surface area contributed by atoms with Crippen LogP contribution in [0.5, 0.6) is 0 Å². The second kappa shape index (κ2) is 7.62. The zero-order valence-electron chi connectivity index (χ0n) is 17.4. The van der Waals surface area contributed by atoms with Gasteiger partial charge in [-0.15, -0.1) is 0 Å². The number of nitrogens with two attached hydrogens (primary N) is 1. The smallest absolute Gasteiger partial charge is 0.259 e. The van der Waals surface area contributed by atoms with Crippen molar-refractivity contribution in [2.24, 2.45) is 5.92 Å². The molecule has 0 saturated carbocycles. The summed E-state index contributed by atoms with van der Waals surface area (Å²) in [5.41, 5.74) is 9.37. The van der Waals surface area contributed by atoms with Crippen LogP contribution in [-0.4, -0.2) is 30.1 Å². The van der Waals surface area contributed by atoms with Crippen LogP contribution < -0.4 is 5.73 Å². The Labute approximate surface area is 174 Å². The number of hydrogen-bond acceptors (Lipinski definition) is 8. The Kier molecular flexibility index (Phi) is 4.99. The zero-order valence-corrected chi connectivity index (χ0v) is 17.4. The lowest BCUT2D eigenvalue weighted by Gasteiger charge is -2.30. The molecule has 0 aliphatic rings. The molecule has 0 amide bonds. The van der Waals surface area contributed by atoms with Crippen LogP contribution in [0.3, 0.4) is 0 Å². The summed E-state index contributed by atoms with van der Waals surface area (Å²) >= 11 is 0. The van der Waals surface area contributed by atoms with Gasteiger partial charge in [-0.2, -0.15) is 4.98 Å². The number of hydrogen-bond donors (Lipinski definition) is 1. The van der Waals surface area contributed by atoms with Crippen molar-refractivity contribution >= 4 is 5.95 Å². The predicted octanol–water partition coefficient (Wildman–Crippen LogP) is 3.84. The minimum atomic E-state index is -0.483. The van der Waals surface area contributed by atoms with E-state index >= 15 is 0 Å². The molecule has 4 aromatic heterocycles. The van der Waals surface area contributed by atoms with Crippen LogP contribution in [0.1, 0.15) is 37.9 Å². The maximum atomic E-state index is 5.57.